The maximum atomic E-state index is 12.6. The zero-order chi connectivity index (χ0) is 23.8. The number of allylic oxidation sites excluding steroid dienone is 8. The van der Waals surface area contributed by atoms with Crippen LogP contribution < -0.4 is 0 Å². The summed E-state index contributed by atoms with van der Waals surface area (Å²) in [4.78, 5) is 50.5. The Bertz CT molecular complexity index is 907. The number of hydrogen-bond acceptors (Lipinski definition) is 8. The van der Waals surface area contributed by atoms with Gasteiger partial charge in [0.1, 0.15) is 0 Å². The highest BCUT2D eigenvalue weighted by Crippen LogP contribution is 2.52. The maximum absolute atomic E-state index is 12.6. The molecule has 0 aliphatic heterocycles. The van der Waals surface area contributed by atoms with E-state index in [1.807, 2.05) is 26.0 Å². The molecule has 172 valence electrons. The van der Waals surface area contributed by atoms with E-state index in [2.05, 4.69) is 0 Å². The molecular formula is C24H28O8. The number of esters is 4. The summed E-state index contributed by atoms with van der Waals surface area (Å²) in [6, 6.07) is 0. The SMILES string of the molecule is COC(=O)C1(C(=O)OC)CC2=C(C1)C(/C)=C\C1=C(CC(C(=O)OC)(C(=O)OC)C1)C(/C)=C\2. The molecule has 0 N–H and O–H groups in total. The quantitative estimate of drug-likeness (QED) is 0.370. The van der Waals surface area contributed by atoms with Gasteiger partial charge in [-0.1, -0.05) is 12.2 Å². The van der Waals surface area contributed by atoms with Gasteiger partial charge in [0.25, 0.3) is 0 Å². The molecule has 0 aromatic carbocycles. The summed E-state index contributed by atoms with van der Waals surface area (Å²) in [5.74, 6) is -2.53. The lowest BCUT2D eigenvalue weighted by molar-refractivity contribution is -0.170. The highest BCUT2D eigenvalue weighted by atomic mass is 16.6. The Labute approximate surface area is 186 Å². The second-order valence-electron chi connectivity index (χ2n) is 8.50. The third kappa shape index (κ3) is 3.38. The van der Waals surface area contributed by atoms with Gasteiger partial charge in [0.15, 0.2) is 10.8 Å². The Morgan fingerprint density at radius 3 is 1.12 bits per heavy atom. The molecule has 0 saturated carbocycles. The Morgan fingerprint density at radius 1 is 0.594 bits per heavy atom. The lowest BCUT2D eigenvalue weighted by Crippen LogP contribution is -2.39. The molecule has 0 aromatic rings. The maximum Gasteiger partial charge on any atom is 0.323 e. The molecule has 0 heterocycles. The Kier molecular flexibility index (Phi) is 6.18. The highest BCUT2D eigenvalue weighted by Gasteiger charge is 2.55. The van der Waals surface area contributed by atoms with Crippen LogP contribution in [0.25, 0.3) is 0 Å². The Balaban J connectivity index is 2.06. The molecular weight excluding hydrogens is 416 g/mol. The molecule has 0 spiro atoms. The van der Waals surface area contributed by atoms with Crippen molar-refractivity contribution in [3.8, 4) is 0 Å². The molecule has 0 radical (unpaired) electrons. The van der Waals surface area contributed by atoms with Crippen molar-refractivity contribution < 1.29 is 38.1 Å². The van der Waals surface area contributed by atoms with Crippen molar-refractivity contribution >= 4 is 23.9 Å². The first kappa shape index (κ1) is 23.5. The number of ether oxygens (including phenoxy) is 4. The van der Waals surface area contributed by atoms with E-state index in [0.717, 1.165) is 33.4 Å². The van der Waals surface area contributed by atoms with Gasteiger partial charge in [0, 0.05) is 12.8 Å². The molecule has 0 fully saturated rings. The molecule has 0 unspecified atom stereocenters. The molecule has 8 nitrogen and oxygen atoms in total. The van der Waals surface area contributed by atoms with E-state index < -0.39 is 34.7 Å². The average molecular weight is 444 g/mol. The Morgan fingerprint density at radius 2 is 0.875 bits per heavy atom. The van der Waals surface area contributed by atoms with Crippen LogP contribution in [0.4, 0.5) is 0 Å². The number of rotatable bonds is 4. The van der Waals surface area contributed by atoms with Crippen LogP contribution in [0.3, 0.4) is 0 Å². The van der Waals surface area contributed by atoms with Crippen molar-refractivity contribution in [1.29, 1.82) is 0 Å². The lowest BCUT2D eigenvalue weighted by atomic mass is 9.82. The first-order chi connectivity index (χ1) is 15.1. The number of methoxy groups -OCH3 is 4. The predicted octanol–water partition coefficient (Wildman–Crippen LogP) is 2.74. The lowest BCUT2D eigenvalue weighted by Gasteiger charge is -2.24. The van der Waals surface area contributed by atoms with E-state index in [1.165, 1.54) is 28.4 Å². The molecule has 8 heteroatoms. The minimum atomic E-state index is -1.43. The van der Waals surface area contributed by atoms with Crippen molar-refractivity contribution in [2.45, 2.75) is 39.5 Å². The van der Waals surface area contributed by atoms with Gasteiger partial charge in [-0.25, -0.2) is 0 Å². The van der Waals surface area contributed by atoms with E-state index >= 15 is 0 Å². The van der Waals surface area contributed by atoms with Gasteiger partial charge in [-0.15, -0.1) is 0 Å². The average Bonchev–Trinajstić information content (AvgIpc) is 3.36. The summed E-state index contributed by atoms with van der Waals surface area (Å²) < 4.78 is 19.8. The second kappa shape index (κ2) is 8.41. The van der Waals surface area contributed by atoms with Crippen molar-refractivity contribution in [2.24, 2.45) is 10.8 Å². The van der Waals surface area contributed by atoms with Crippen LogP contribution in [0.2, 0.25) is 0 Å². The number of carbonyl (C=O) groups is 4. The van der Waals surface area contributed by atoms with E-state index in [-0.39, 0.29) is 25.7 Å². The van der Waals surface area contributed by atoms with E-state index in [4.69, 9.17) is 18.9 Å². The zero-order valence-corrected chi connectivity index (χ0v) is 19.2. The van der Waals surface area contributed by atoms with Gasteiger partial charge in [-0.05, 0) is 60.1 Å². The fourth-order valence-corrected chi connectivity index (χ4v) is 5.10. The van der Waals surface area contributed by atoms with Crippen LogP contribution in [0.1, 0.15) is 39.5 Å². The van der Waals surface area contributed by atoms with E-state index in [1.54, 1.807) is 0 Å². The molecule has 32 heavy (non-hydrogen) atoms. The smallest absolute Gasteiger partial charge is 0.323 e. The molecule has 3 aliphatic carbocycles. The second-order valence-corrected chi connectivity index (χ2v) is 8.50. The molecule has 3 aliphatic rings. The zero-order valence-electron chi connectivity index (χ0n) is 19.2. The number of carbonyl (C=O) groups excluding carboxylic acids is 4. The van der Waals surface area contributed by atoms with E-state index in [0.29, 0.717) is 0 Å². The van der Waals surface area contributed by atoms with Crippen molar-refractivity contribution in [1.82, 2.24) is 0 Å². The standard InChI is InChI=1S/C24H28O8/c1-13-7-15-9-24(21(27)31-5,22(28)32-6)12-18(15)14(2)8-16-10-23(11-17(13)16,19(25)29-3)20(26)30-4/h7-8H,9-12H2,1-6H3/b13-7-,14-8-,15-7?,16-8?,17-13?,18-14?. The van der Waals surface area contributed by atoms with Crippen molar-refractivity contribution in [3.63, 3.8) is 0 Å². The molecule has 3 rings (SSSR count). The van der Waals surface area contributed by atoms with Crippen LogP contribution >= 0.6 is 0 Å². The molecule has 0 amide bonds. The van der Waals surface area contributed by atoms with Crippen LogP contribution in [-0.2, 0) is 38.1 Å². The van der Waals surface area contributed by atoms with Gasteiger partial charge >= 0.3 is 23.9 Å². The topological polar surface area (TPSA) is 105 Å². The van der Waals surface area contributed by atoms with Crippen molar-refractivity contribution in [2.75, 3.05) is 28.4 Å². The summed E-state index contributed by atoms with van der Waals surface area (Å²) in [5.41, 5.74) is 2.17. The third-order valence-electron chi connectivity index (χ3n) is 6.75. The largest absolute Gasteiger partial charge is 0.468 e. The Hall–Kier alpha value is -3.16. The van der Waals surface area contributed by atoms with Crippen LogP contribution in [0, 0.1) is 10.8 Å². The van der Waals surface area contributed by atoms with Gasteiger partial charge in [-0.2, -0.15) is 0 Å². The first-order valence-electron chi connectivity index (χ1n) is 10.2. The van der Waals surface area contributed by atoms with Crippen LogP contribution in [0.15, 0.2) is 45.6 Å². The highest BCUT2D eigenvalue weighted by molar-refractivity contribution is 6.03. The van der Waals surface area contributed by atoms with Crippen LogP contribution in [0.5, 0.6) is 0 Å². The minimum absolute atomic E-state index is 0.145. The molecule has 0 saturated heterocycles. The fourth-order valence-electron chi connectivity index (χ4n) is 5.10. The van der Waals surface area contributed by atoms with Crippen LogP contribution in [-0.4, -0.2) is 52.3 Å². The van der Waals surface area contributed by atoms with Crippen molar-refractivity contribution in [3.05, 3.63) is 45.6 Å². The summed E-state index contributed by atoms with van der Waals surface area (Å²) in [6.45, 7) is 3.77. The minimum Gasteiger partial charge on any atom is -0.468 e. The summed E-state index contributed by atoms with van der Waals surface area (Å²) in [5, 5.41) is 0. The molecule has 0 atom stereocenters. The normalized spacial score (nSPS) is 24.1. The molecule has 0 aromatic heterocycles. The third-order valence-corrected chi connectivity index (χ3v) is 6.75. The number of hydrogen-bond donors (Lipinski definition) is 0. The van der Waals surface area contributed by atoms with Gasteiger partial charge < -0.3 is 18.9 Å². The summed E-state index contributed by atoms with van der Waals surface area (Å²) >= 11 is 0. The van der Waals surface area contributed by atoms with Gasteiger partial charge in [0.05, 0.1) is 28.4 Å². The summed E-state index contributed by atoms with van der Waals surface area (Å²) in [6.07, 6.45) is 4.42. The van der Waals surface area contributed by atoms with Gasteiger partial charge in [0.2, 0.25) is 0 Å². The summed E-state index contributed by atoms with van der Waals surface area (Å²) in [7, 11) is 5.01. The fraction of sp³-hybridized carbons (Fsp3) is 0.500. The van der Waals surface area contributed by atoms with E-state index in [9.17, 15) is 19.2 Å². The monoisotopic (exact) mass is 444 g/mol. The van der Waals surface area contributed by atoms with Gasteiger partial charge in [-0.3, -0.25) is 19.2 Å². The molecule has 0 bridgehead atoms. The predicted molar refractivity (Wildman–Crippen MR) is 113 cm³/mol. The first-order valence-corrected chi connectivity index (χ1v) is 10.2.